The highest BCUT2D eigenvalue weighted by Crippen LogP contribution is 2.51. The Morgan fingerprint density at radius 3 is 1.61 bits per heavy atom. The zero-order valence-corrected chi connectivity index (χ0v) is 35.1. The number of hydrogen-bond donors (Lipinski definition) is 8. The van der Waals surface area contributed by atoms with Crippen molar-refractivity contribution in [3.63, 3.8) is 0 Å². The van der Waals surface area contributed by atoms with Gasteiger partial charge >= 0.3 is 5.97 Å². The van der Waals surface area contributed by atoms with E-state index >= 15 is 0 Å². The van der Waals surface area contributed by atoms with E-state index in [1.54, 1.807) is 13.8 Å². The van der Waals surface area contributed by atoms with E-state index in [0.29, 0.717) is 12.1 Å². The Bertz CT molecular complexity index is 3160. The van der Waals surface area contributed by atoms with Gasteiger partial charge in [0, 0.05) is 24.7 Å². The summed E-state index contributed by atoms with van der Waals surface area (Å²) in [5, 5.41) is 75.9. The number of carbonyl (C=O) groups is 2. The van der Waals surface area contributed by atoms with Gasteiger partial charge in [0.05, 0.1) is 35.5 Å². The molecule has 0 spiro atoms. The summed E-state index contributed by atoms with van der Waals surface area (Å²) >= 11 is 0. The van der Waals surface area contributed by atoms with Crippen LogP contribution in [0.2, 0.25) is 0 Å². The van der Waals surface area contributed by atoms with Crippen molar-refractivity contribution in [1.82, 2.24) is 0 Å². The molecule has 29 heteroatoms. The zero-order chi connectivity index (χ0) is 47.5. The van der Waals surface area contributed by atoms with Crippen molar-refractivity contribution in [3.8, 4) is 23.0 Å². The standard InChI is InChI=1S/C35H31N8O18S3/c1-4-60-25-15-23(26(61-5-2)14-22(25)39-38-21-8-6-18(36-16(3)44)13-27(21)62(51,52)53)40-42-32-29(64(57,58)59)11-17-10-28(63(54,55)56)31(33(45)30(17)34(32)46)41-37-19-7-9-24(43(49)50)20(12-19)35(47)48/h6-15,45-46,49H,4-5H2,1-3H3,(H,36,44)(H,47,48)(H,51,52,53)(H,54,55,56)(H,57,58,59)/q-1. The van der Waals surface area contributed by atoms with Crippen LogP contribution in [0.3, 0.4) is 0 Å². The monoisotopic (exact) mass is 947 g/mol. The number of phenols is 2. The summed E-state index contributed by atoms with van der Waals surface area (Å²) < 4.78 is 116. The second kappa shape index (κ2) is 18.6. The van der Waals surface area contributed by atoms with Crippen LogP contribution >= 0.6 is 0 Å². The summed E-state index contributed by atoms with van der Waals surface area (Å²) in [6.07, 6.45) is 0. The third kappa shape index (κ3) is 10.7. The first-order valence-electron chi connectivity index (χ1n) is 17.5. The second-order valence-electron chi connectivity index (χ2n) is 12.6. The highest BCUT2D eigenvalue weighted by molar-refractivity contribution is 7.86. The van der Waals surface area contributed by atoms with Crippen LogP contribution < -0.4 is 20.0 Å². The molecule has 0 aliphatic carbocycles. The Labute approximate surface area is 360 Å². The molecular weight excluding hydrogens is 917 g/mol. The molecule has 0 aliphatic heterocycles. The van der Waals surface area contributed by atoms with Gasteiger partial charge in [-0.2, -0.15) is 30.4 Å². The number of phenolic OH excluding ortho intramolecular Hbond substituents is 2. The van der Waals surface area contributed by atoms with Crippen molar-refractivity contribution < 1.29 is 78.5 Å². The first-order chi connectivity index (χ1) is 29.8. The van der Waals surface area contributed by atoms with E-state index in [1.807, 2.05) is 0 Å². The molecule has 0 saturated heterocycles. The van der Waals surface area contributed by atoms with Crippen LogP contribution in [0.1, 0.15) is 31.1 Å². The van der Waals surface area contributed by atoms with Gasteiger partial charge in [0.1, 0.15) is 54.6 Å². The lowest BCUT2D eigenvalue weighted by Gasteiger charge is -2.23. The third-order valence-corrected chi connectivity index (χ3v) is 10.8. The number of aromatic carboxylic acids is 1. The summed E-state index contributed by atoms with van der Waals surface area (Å²) in [5.41, 5.74) is -4.85. The first kappa shape index (κ1) is 47.8. The van der Waals surface area contributed by atoms with Crippen LogP contribution in [0.25, 0.3) is 10.8 Å². The number of benzene rings is 5. The lowest BCUT2D eigenvalue weighted by atomic mass is 10.1. The van der Waals surface area contributed by atoms with Crippen LogP contribution in [-0.4, -0.2) is 84.5 Å². The normalized spacial score (nSPS) is 12.4. The van der Waals surface area contributed by atoms with Crippen LogP contribution in [-0.2, 0) is 35.1 Å². The summed E-state index contributed by atoms with van der Waals surface area (Å²) in [7, 11) is -15.7. The predicted octanol–water partition coefficient (Wildman–Crippen LogP) is 7.38. The van der Waals surface area contributed by atoms with Gasteiger partial charge in [-0.3, -0.25) is 23.7 Å². The molecule has 0 heterocycles. The van der Waals surface area contributed by atoms with Crippen LogP contribution in [0.5, 0.6) is 23.0 Å². The van der Waals surface area contributed by atoms with Crippen molar-refractivity contribution >= 4 is 98.5 Å². The number of carboxylic acids is 1. The van der Waals surface area contributed by atoms with E-state index < -0.39 is 113 Å². The lowest BCUT2D eigenvalue weighted by Crippen LogP contribution is -2.12. The number of anilines is 2. The smallest absolute Gasteiger partial charge is 0.337 e. The molecule has 0 unspecified atom stereocenters. The number of azo groups is 3. The molecule has 0 bridgehead atoms. The lowest BCUT2D eigenvalue weighted by molar-refractivity contribution is -0.114. The highest BCUT2D eigenvalue weighted by Gasteiger charge is 2.29. The van der Waals surface area contributed by atoms with Gasteiger partial charge in [0.25, 0.3) is 30.4 Å². The van der Waals surface area contributed by atoms with Gasteiger partial charge in [0.15, 0.2) is 11.5 Å². The molecule has 0 atom stereocenters. The number of fused-ring (bicyclic) bond motifs is 1. The SMILES string of the molecule is CCOc1cc(N=Nc2c(S(=O)(=O)O)cc3cc(S(=O)(=O)O)c(N=Nc4ccc(N([O-])O)c(C(=O)O)c4)c(O)c3c2O)c(OCC)cc1N=Nc1ccc(NC(C)=O)cc1S(=O)(=O)O. The maximum absolute atomic E-state index is 12.6. The Hall–Kier alpha value is -7.25. The quantitative estimate of drug-likeness (QED) is 0.0271. The summed E-state index contributed by atoms with van der Waals surface area (Å²) in [6.45, 7) is 4.21. The van der Waals surface area contributed by atoms with Crippen molar-refractivity contribution in [3.05, 3.63) is 71.4 Å². The molecular formula is C35H31N8O18S3-. The number of nitrogens with zero attached hydrogens (tertiary/aromatic N) is 7. The molecule has 0 aliphatic rings. The van der Waals surface area contributed by atoms with Crippen molar-refractivity contribution in [2.24, 2.45) is 30.7 Å². The zero-order valence-electron chi connectivity index (χ0n) is 32.7. The average Bonchev–Trinajstić information content (AvgIpc) is 3.18. The van der Waals surface area contributed by atoms with Crippen molar-refractivity contribution in [2.45, 2.75) is 35.5 Å². The Morgan fingerprint density at radius 1 is 0.672 bits per heavy atom. The highest BCUT2D eigenvalue weighted by atomic mass is 32.2. The van der Waals surface area contributed by atoms with Crippen LogP contribution in [0.15, 0.2) is 106 Å². The summed E-state index contributed by atoms with van der Waals surface area (Å²) in [4.78, 5) is 20.0. The summed E-state index contributed by atoms with van der Waals surface area (Å²) in [5.74, 6) is -5.09. The van der Waals surface area contributed by atoms with E-state index in [-0.39, 0.29) is 47.5 Å². The molecule has 5 aromatic carbocycles. The van der Waals surface area contributed by atoms with E-state index in [2.05, 4.69) is 36.0 Å². The molecule has 0 saturated carbocycles. The van der Waals surface area contributed by atoms with E-state index in [0.717, 1.165) is 36.4 Å². The van der Waals surface area contributed by atoms with Crippen molar-refractivity contribution in [2.75, 3.05) is 23.8 Å². The summed E-state index contributed by atoms with van der Waals surface area (Å²) in [6, 6.07) is 9.25. The molecule has 0 aromatic heterocycles. The first-order valence-corrected chi connectivity index (χ1v) is 21.8. The molecule has 338 valence electrons. The number of nitrogens with one attached hydrogen (secondary N) is 1. The number of hydrogen-bond acceptors (Lipinski definition) is 21. The topological polar surface area (TPSA) is 409 Å². The molecule has 0 radical (unpaired) electrons. The predicted molar refractivity (Wildman–Crippen MR) is 220 cm³/mol. The Balaban J connectivity index is 1.69. The number of aromatic hydroxyl groups is 2. The van der Waals surface area contributed by atoms with Gasteiger partial charge in [-0.1, -0.05) is 0 Å². The number of amides is 1. The average molecular weight is 948 g/mol. The Morgan fingerprint density at radius 2 is 1.16 bits per heavy atom. The molecule has 8 N–H and O–H groups in total. The second-order valence-corrected chi connectivity index (χ2v) is 16.7. The van der Waals surface area contributed by atoms with Gasteiger partial charge in [0.2, 0.25) is 5.91 Å². The minimum atomic E-state index is -5.40. The fourth-order valence-corrected chi connectivity index (χ4v) is 7.58. The van der Waals surface area contributed by atoms with E-state index in [9.17, 15) is 74.2 Å². The minimum Gasteiger partial charge on any atom is -0.733 e. The maximum Gasteiger partial charge on any atom is 0.337 e. The molecule has 64 heavy (non-hydrogen) atoms. The molecule has 26 nitrogen and oxygen atoms in total. The van der Waals surface area contributed by atoms with Crippen LogP contribution in [0, 0.1) is 5.21 Å². The molecule has 1 amide bonds. The fraction of sp³-hybridized carbons (Fsp3) is 0.143. The van der Waals surface area contributed by atoms with Crippen molar-refractivity contribution in [1.29, 1.82) is 0 Å². The minimum absolute atomic E-state index is 0.0140. The number of carboxylic acid groups (broad SMARTS) is 1. The molecule has 5 rings (SSSR count). The Kier molecular flexibility index (Phi) is 13.9. The largest absolute Gasteiger partial charge is 0.733 e. The van der Waals surface area contributed by atoms with E-state index in [4.69, 9.17) is 9.47 Å². The third-order valence-electron chi connectivity index (χ3n) is 8.21. The number of carbonyl (C=O) groups excluding carboxylic acids is 1. The van der Waals surface area contributed by atoms with Gasteiger partial charge in [-0.15, -0.1) is 25.6 Å². The van der Waals surface area contributed by atoms with E-state index in [1.165, 1.54) is 19.1 Å². The number of rotatable bonds is 16. The van der Waals surface area contributed by atoms with Gasteiger partial charge in [-0.05, 0) is 67.8 Å². The van der Waals surface area contributed by atoms with Gasteiger partial charge < -0.3 is 40.5 Å². The number of ether oxygens (including phenoxy) is 2. The van der Waals surface area contributed by atoms with Crippen LogP contribution in [0.4, 0.5) is 45.5 Å². The fourth-order valence-electron chi connectivity index (χ4n) is 5.61. The molecule has 0 fully saturated rings. The van der Waals surface area contributed by atoms with Gasteiger partial charge in [-0.25, -0.2) is 4.79 Å². The maximum atomic E-state index is 12.6. The molecule has 5 aromatic rings.